The molecule has 5 heteroatoms. The Bertz CT molecular complexity index is 717. The van der Waals surface area contributed by atoms with E-state index >= 15 is 0 Å². The molecule has 2 heterocycles. The SMILES string of the molecule is Nc1c(-c2ccc(Cl)cc2)nc2cc(Cl)ccn12. The van der Waals surface area contributed by atoms with Crippen LogP contribution in [-0.2, 0) is 0 Å². The van der Waals surface area contributed by atoms with E-state index in [0.29, 0.717) is 15.9 Å². The highest BCUT2D eigenvalue weighted by Crippen LogP contribution is 2.28. The number of nitrogens with zero attached hydrogens (tertiary/aromatic N) is 2. The van der Waals surface area contributed by atoms with Gasteiger partial charge in [-0.25, -0.2) is 4.98 Å². The van der Waals surface area contributed by atoms with Gasteiger partial charge >= 0.3 is 0 Å². The van der Waals surface area contributed by atoms with Crippen LogP contribution in [0.5, 0.6) is 0 Å². The second-order valence-electron chi connectivity index (χ2n) is 3.93. The molecule has 0 atom stereocenters. The van der Waals surface area contributed by atoms with Gasteiger partial charge < -0.3 is 5.73 Å². The van der Waals surface area contributed by atoms with E-state index in [1.165, 1.54) is 0 Å². The van der Waals surface area contributed by atoms with Crippen LogP contribution in [-0.4, -0.2) is 9.38 Å². The summed E-state index contributed by atoms with van der Waals surface area (Å²) in [5.41, 5.74) is 8.47. The third kappa shape index (κ3) is 1.82. The standard InChI is InChI=1S/C13H9Cl2N3/c14-9-3-1-8(2-4-9)12-13(16)18-6-5-10(15)7-11(18)17-12/h1-7H,16H2. The first-order valence-electron chi connectivity index (χ1n) is 5.34. The minimum atomic E-state index is 0.587. The van der Waals surface area contributed by atoms with Crippen LogP contribution in [0.4, 0.5) is 5.82 Å². The van der Waals surface area contributed by atoms with Gasteiger partial charge in [0.1, 0.15) is 17.2 Å². The molecule has 0 aliphatic carbocycles. The van der Waals surface area contributed by atoms with Crippen molar-refractivity contribution in [1.29, 1.82) is 0 Å². The van der Waals surface area contributed by atoms with Gasteiger partial charge in [-0.1, -0.05) is 35.3 Å². The molecular weight excluding hydrogens is 269 g/mol. The second kappa shape index (κ2) is 4.19. The Labute approximate surface area is 114 Å². The molecule has 2 N–H and O–H groups in total. The van der Waals surface area contributed by atoms with Crippen LogP contribution >= 0.6 is 23.2 Å². The van der Waals surface area contributed by atoms with Crippen LogP contribution in [0.1, 0.15) is 0 Å². The van der Waals surface area contributed by atoms with E-state index in [0.717, 1.165) is 16.9 Å². The van der Waals surface area contributed by atoms with E-state index in [9.17, 15) is 0 Å². The Balaban J connectivity index is 2.23. The molecule has 0 amide bonds. The molecule has 3 aromatic rings. The average molecular weight is 278 g/mol. The summed E-state index contributed by atoms with van der Waals surface area (Å²) in [6.07, 6.45) is 1.80. The van der Waals surface area contributed by atoms with Crippen LogP contribution in [0.2, 0.25) is 10.0 Å². The van der Waals surface area contributed by atoms with E-state index in [1.54, 1.807) is 22.7 Å². The van der Waals surface area contributed by atoms with E-state index in [4.69, 9.17) is 28.9 Å². The number of nitrogens with two attached hydrogens (primary N) is 1. The lowest BCUT2D eigenvalue weighted by molar-refractivity contribution is 1.20. The highest BCUT2D eigenvalue weighted by Gasteiger charge is 2.11. The van der Waals surface area contributed by atoms with Crippen molar-refractivity contribution < 1.29 is 0 Å². The third-order valence-electron chi connectivity index (χ3n) is 2.74. The lowest BCUT2D eigenvalue weighted by atomic mass is 10.1. The first-order chi connectivity index (χ1) is 8.65. The van der Waals surface area contributed by atoms with E-state index in [2.05, 4.69) is 4.98 Å². The molecule has 0 saturated carbocycles. The fourth-order valence-electron chi connectivity index (χ4n) is 1.86. The molecule has 0 fully saturated rings. The van der Waals surface area contributed by atoms with E-state index < -0.39 is 0 Å². The van der Waals surface area contributed by atoms with Gasteiger partial charge in [-0.15, -0.1) is 0 Å². The van der Waals surface area contributed by atoms with Crippen molar-refractivity contribution in [2.75, 3.05) is 5.73 Å². The number of hydrogen-bond donors (Lipinski definition) is 1. The van der Waals surface area contributed by atoms with Crippen molar-refractivity contribution in [3.05, 3.63) is 52.6 Å². The van der Waals surface area contributed by atoms with E-state index in [1.807, 2.05) is 24.3 Å². The summed E-state index contributed by atoms with van der Waals surface area (Å²) in [6, 6.07) is 11.0. The number of hydrogen-bond acceptors (Lipinski definition) is 2. The number of imidazole rings is 1. The van der Waals surface area contributed by atoms with Gasteiger partial charge in [0.2, 0.25) is 0 Å². The zero-order valence-electron chi connectivity index (χ0n) is 9.27. The fraction of sp³-hybridized carbons (Fsp3) is 0. The quantitative estimate of drug-likeness (QED) is 0.733. The minimum Gasteiger partial charge on any atom is -0.383 e. The Morgan fingerprint density at radius 2 is 1.72 bits per heavy atom. The van der Waals surface area contributed by atoms with Crippen molar-refractivity contribution in [3.8, 4) is 11.3 Å². The molecule has 18 heavy (non-hydrogen) atoms. The van der Waals surface area contributed by atoms with Gasteiger partial charge in [0, 0.05) is 27.9 Å². The van der Waals surface area contributed by atoms with Gasteiger partial charge in [-0.05, 0) is 18.2 Å². The zero-order chi connectivity index (χ0) is 12.7. The molecule has 0 radical (unpaired) electrons. The Hall–Kier alpha value is -1.71. The molecule has 0 bridgehead atoms. The van der Waals surface area contributed by atoms with Crippen molar-refractivity contribution in [2.24, 2.45) is 0 Å². The maximum absolute atomic E-state index is 6.08. The van der Waals surface area contributed by atoms with Crippen molar-refractivity contribution in [1.82, 2.24) is 9.38 Å². The first-order valence-corrected chi connectivity index (χ1v) is 6.10. The van der Waals surface area contributed by atoms with Crippen LogP contribution in [0.25, 0.3) is 16.9 Å². The summed E-state index contributed by atoms with van der Waals surface area (Å²) in [6.45, 7) is 0. The number of rotatable bonds is 1. The molecule has 2 aromatic heterocycles. The minimum absolute atomic E-state index is 0.587. The largest absolute Gasteiger partial charge is 0.383 e. The molecule has 3 rings (SSSR count). The third-order valence-corrected chi connectivity index (χ3v) is 3.23. The predicted octanol–water partition coefficient (Wildman–Crippen LogP) is 3.89. The van der Waals surface area contributed by atoms with Gasteiger partial charge in [0.25, 0.3) is 0 Å². The number of aromatic nitrogens is 2. The maximum Gasteiger partial charge on any atom is 0.140 e. The predicted molar refractivity (Wildman–Crippen MR) is 75.1 cm³/mol. The second-order valence-corrected chi connectivity index (χ2v) is 4.80. The Kier molecular flexibility index (Phi) is 2.65. The van der Waals surface area contributed by atoms with Crippen LogP contribution in [0.3, 0.4) is 0 Å². The number of halogens is 2. The maximum atomic E-state index is 6.08. The summed E-state index contributed by atoms with van der Waals surface area (Å²) in [7, 11) is 0. The average Bonchev–Trinajstić information content (AvgIpc) is 2.67. The molecule has 0 aliphatic rings. The molecule has 0 spiro atoms. The zero-order valence-corrected chi connectivity index (χ0v) is 10.8. The number of benzene rings is 1. The molecule has 90 valence electrons. The van der Waals surface area contributed by atoms with Gasteiger partial charge in [-0.3, -0.25) is 4.40 Å². The molecule has 0 unspecified atom stereocenters. The number of nitrogen functional groups attached to an aromatic ring is 1. The molecular formula is C13H9Cl2N3. The highest BCUT2D eigenvalue weighted by atomic mass is 35.5. The summed E-state index contributed by atoms with van der Waals surface area (Å²) < 4.78 is 1.80. The van der Waals surface area contributed by atoms with Crippen LogP contribution in [0, 0.1) is 0 Å². The summed E-state index contributed by atoms with van der Waals surface area (Å²) in [5, 5.41) is 1.32. The lowest BCUT2D eigenvalue weighted by Crippen LogP contribution is -1.93. The summed E-state index contributed by atoms with van der Waals surface area (Å²) in [4.78, 5) is 4.48. The number of pyridine rings is 1. The molecule has 0 saturated heterocycles. The van der Waals surface area contributed by atoms with Crippen LogP contribution in [0.15, 0.2) is 42.6 Å². The van der Waals surface area contributed by atoms with Gasteiger partial charge in [0.05, 0.1) is 0 Å². The van der Waals surface area contributed by atoms with E-state index in [-0.39, 0.29) is 0 Å². The Morgan fingerprint density at radius 1 is 1.00 bits per heavy atom. The first kappa shape index (κ1) is 11.4. The number of fused-ring (bicyclic) bond motifs is 1. The normalized spacial score (nSPS) is 11.0. The smallest absolute Gasteiger partial charge is 0.140 e. The Morgan fingerprint density at radius 3 is 2.44 bits per heavy atom. The lowest BCUT2D eigenvalue weighted by Gasteiger charge is -1.99. The van der Waals surface area contributed by atoms with Crippen molar-refractivity contribution >= 4 is 34.7 Å². The molecule has 1 aromatic carbocycles. The highest BCUT2D eigenvalue weighted by molar-refractivity contribution is 6.31. The van der Waals surface area contributed by atoms with Crippen molar-refractivity contribution in [2.45, 2.75) is 0 Å². The van der Waals surface area contributed by atoms with Crippen LogP contribution < -0.4 is 5.73 Å². The monoisotopic (exact) mass is 277 g/mol. The molecule has 3 nitrogen and oxygen atoms in total. The summed E-state index contributed by atoms with van der Waals surface area (Å²) in [5.74, 6) is 0.587. The number of anilines is 1. The topological polar surface area (TPSA) is 43.3 Å². The van der Waals surface area contributed by atoms with Gasteiger partial charge in [0.15, 0.2) is 0 Å². The fourth-order valence-corrected chi connectivity index (χ4v) is 2.14. The van der Waals surface area contributed by atoms with Crippen molar-refractivity contribution in [3.63, 3.8) is 0 Å². The summed E-state index contributed by atoms with van der Waals surface area (Å²) >= 11 is 11.8. The van der Waals surface area contributed by atoms with Gasteiger partial charge in [-0.2, -0.15) is 0 Å². The molecule has 0 aliphatic heterocycles.